The average Bonchev–Trinajstić information content (AvgIpc) is 2.41. The highest BCUT2D eigenvalue weighted by Crippen LogP contribution is 2.24. The molecule has 2 rings (SSSR count). The molecule has 2 aromatic rings. The molecule has 7 heteroatoms. The summed E-state index contributed by atoms with van der Waals surface area (Å²) in [7, 11) is 1.23. The third-order valence-electron chi connectivity index (χ3n) is 2.17. The van der Waals surface area contributed by atoms with Crippen molar-refractivity contribution in [2.75, 3.05) is 12.8 Å². The van der Waals surface area contributed by atoms with E-state index in [0.717, 1.165) is 0 Å². The van der Waals surface area contributed by atoms with E-state index in [2.05, 4.69) is 19.7 Å². The summed E-state index contributed by atoms with van der Waals surface area (Å²) in [5, 5.41) is 0.0447. The van der Waals surface area contributed by atoms with Gasteiger partial charge < -0.3 is 10.5 Å². The second-order valence-electron chi connectivity index (χ2n) is 3.30. The van der Waals surface area contributed by atoms with Crippen LogP contribution in [-0.4, -0.2) is 28.0 Å². The van der Waals surface area contributed by atoms with Gasteiger partial charge in [0.2, 0.25) is 0 Å². The fourth-order valence-corrected chi connectivity index (χ4v) is 1.56. The van der Waals surface area contributed by atoms with Crippen LogP contribution in [0.4, 0.5) is 5.82 Å². The minimum Gasteiger partial charge on any atom is -0.464 e. The fraction of sp³-hybridized carbons (Fsp3) is 0.0909. The Morgan fingerprint density at radius 3 is 2.78 bits per heavy atom. The number of esters is 1. The molecule has 0 fully saturated rings. The summed E-state index contributed by atoms with van der Waals surface area (Å²) in [6.45, 7) is 0. The summed E-state index contributed by atoms with van der Waals surface area (Å²) in [5.41, 5.74) is 6.38. The van der Waals surface area contributed by atoms with Crippen LogP contribution >= 0.6 is 11.6 Å². The van der Waals surface area contributed by atoms with Gasteiger partial charge in [-0.1, -0.05) is 17.7 Å². The minimum atomic E-state index is -0.686. The van der Waals surface area contributed by atoms with Crippen LogP contribution in [0.15, 0.2) is 24.4 Å². The van der Waals surface area contributed by atoms with E-state index in [1.807, 2.05) is 0 Å². The van der Waals surface area contributed by atoms with E-state index >= 15 is 0 Å². The molecule has 2 heterocycles. The van der Waals surface area contributed by atoms with Crippen molar-refractivity contribution in [2.45, 2.75) is 0 Å². The van der Waals surface area contributed by atoms with Gasteiger partial charge in [0, 0.05) is 6.20 Å². The quantitative estimate of drug-likeness (QED) is 0.828. The lowest BCUT2D eigenvalue weighted by Crippen LogP contribution is -2.11. The number of rotatable bonds is 2. The smallest absolute Gasteiger partial charge is 0.360 e. The summed E-state index contributed by atoms with van der Waals surface area (Å²) < 4.78 is 4.52. The molecule has 0 bridgehead atoms. The second kappa shape index (κ2) is 4.97. The number of ether oxygens (including phenoxy) is 1. The lowest BCUT2D eigenvalue weighted by molar-refractivity contribution is 0.0595. The van der Waals surface area contributed by atoms with Crippen molar-refractivity contribution in [1.29, 1.82) is 0 Å². The molecule has 2 aromatic heterocycles. The number of anilines is 1. The van der Waals surface area contributed by atoms with Crippen molar-refractivity contribution < 1.29 is 9.53 Å². The largest absolute Gasteiger partial charge is 0.464 e. The summed E-state index contributed by atoms with van der Waals surface area (Å²) >= 11 is 5.96. The van der Waals surface area contributed by atoms with Gasteiger partial charge in [-0.2, -0.15) is 0 Å². The first kappa shape index (κ1) is 12.3. The summed E-state index contributed by atoms with van der Waals surface area (Å²) in [5.74, 6) is -0.735. The second-order valence-corrected chi connectivity index (χ2v) is 3.66. The van der Waals surface area contributed by atoms with E-state index < -0.39 is 5.97 Å². The number of nitrogens with two attached hydrogens (primary N) is 1. The maximum atomic E-state index is 11.4. The highest BCUT2D eigenvalue weighted by atomic mass is 35.5. The molecule has 0 aliphatic heterocycles. The lowest BCUT2D eigenvalue weighted by Gasteiger charge is -2.06. The van der Waals surface area contributed by atoms with Crippen LogP contribution in [0, 0.1) is 0 Å². The Labute approximate surface area is 108 Å². The van der Waals surface area contributed by atoms with Crippen molar-refractivity contribution in [3.05, 3.63) is 35.2 Å². The van der Waals surface area contributed by atoms with Crippen LogP contribution in [0.5, 0.6) is 0 Å². The molecule has 2 N–H and O–H groups in total. The van der Waals surface area contributed by atoms with Crippen molar-refractivity contribution in [3.63, 3.8) is 0 Å². The molecule has 0 spiro atoms. The molecule has 0 unspecified atom stereocenters. The van der Waals surface area contributed by atoms with Crippen molar-refractivity contribution in [2.24, 2.45) is 0 Å². The highest BCUT2D eigenvalue weighted by molar-refractivity contribution is 6.32. The van der Waals surface area contributed by atoms with Crippen molar-refractivity contribution in [3.8, 4) is 11.4 Å². The zero-order valence-electron chi connectivity index (χ0n) is 9.42. The van der Waals surface area contributed by atoms with Crippen molar-refractivity contribution >= 4 is 23.4 Å². The molecular formula is C11H9ClN4O2. The third-order valence-corrected chi connectivity index (χ3v) is 2.43. The van der Waals surface area contributed by atoms with Crippen LogP contribution in [-0.2, 0) is 4.74 Å². The van der Waals surface area contributed by atoms with E-state index in [-0.39, 0.29) is 16.7 Å². The number of hydrogen-bond donors (Lipinski definition) is 1. The summed E-state index contributed by atoms with van der Waals surface area (Å²) in [6.07, 6.45) is 1.59. The van der Waals surface area contributed by atoms with Gasteiger partial charge in [0.25, 0.3) is 0 Å². The van der Waals surface area contributed by atoms with Gasteiger partial charge in [0.05, 0.1) is 12.8 Å². The molecule has 0 saturated heterocycles. The molecule has 0 radical (unpaired) electrons. The molecule has 92 valence electrons. The Morgan fingerprint density at radius 2 is 2.17 bits per heavy atom. The minimum absolute atomic E-state index is 0.0447. The molecule has 0 saturated carbocycles. The predicted octanol–water partition coefficient (Wildman–Crippen LogP) is 1.56. The molecule has 6 nitrogen and oxygen atoms in total. The van der Waals surface area contributed by atoms with Gasteiger partial charge >= 0.3 is 5.97 Å². The summed E-state index contributed by atoms with van der Waals surface area (Å²) in [6, 6.07) is 5.26. The van der Waals surface area contributed by atoms with Crippen molar-refractivity contribution in [1.82, 2.24) is 15.0 Å². The van der Waals surface area contributed by atoms with Crippen LogP contribution in [0.3, 0.4) is 0 Å². The van der Waals surface area contributed by atoms with Gasteiger partial charge in [-0.3, -0.25) is 4.98 Å². The number of hydrogen-bond acceptors (Lipinski definition) is 6. The molecule has 0 aliphatic carbocycles. The Balaban J connectivity index is 2.53. The number of methoxy groups -OCH3 is 1. The number of nitrogens with zero attached hydrogens (tertiary/aromatic N) is 3. The Hall–Kier alpha value is -2.21. The van der Waals surface area contributed by atoms with E-state index in [9.17, 15) is 4.79 Å². The SMILES string of the molecule is COC(=O)c1nc(Cl)c(-c2ccccn2)nc1N. The van der Waals surface area contributed by atoms with E-state index in [4.69, 9.17) is 17.3 Å². The monoisotopic (exact) mass is 264 g/mol. The number of carbonyl (C=O) groups is 1. The first-order valence-corrected chi connectivity index (χ1v) is 5.34. The normalized spacial score (nSPS) is 10.1. The van der Waals surface area contributed by atoms with Gasteiger partial charge in [0.1, 0.15) is 5.69 Å². The first-order valence-electron chi connectivity index (χ1n) is 4.96. The van der Waals surface area contributed by atoms with E-state index in [0.29, 0.717) is 11.4 Å². The Bertz CT molecular complexity index is 589. The first-order chi connectivity index (χ1) is 8.63. The van der Waals surface area contributed by atoms with E-state index in [1.165, 1.54) is 7.11 Å². The standard InChI is InChI=1S/C11H9ClN4O2/c1-18-11(17)8-10(13)16-7(9(12)15-8)6-4-2-3-5-14-6/h2-5H,1H3,(H2,13,16). The van der Waals surface area contributed by atoms with Crippen LogP contribution in [0.1, 0.15) is 10.5 Å². The highest BCUT2D eigenvalue weighted by Gasteiger charge is 2.18. The number of nitrogen functional groups attached to an aromatic ring is 1. The average molecular weight is 265 g/mol. The molecule has 0 atom stereocenters. The molecule has 0 aromatic carbocycles. The number of halogens is 1. The molecular weight excluding hydrogens is 256 g/mol. The maximum absolute atomic E-state index is 11.4. The van der Waals surface area contributed by atoms with Gasteiger partial charge in [0.15, 0.2) is 16.7 Å². The van der Waals surface area contributed by atoms with Gasteiger partial charge in [-0.15, -0.1) is 0 Å². The number of pyridine rings is 1. The zero-order chi connectivity index (χ0) is 13.1. The van der Waals surface area contributed by atoms with Gasteiger partial charge in [-0.05, 0) is 12.1 Å². The topological polar surface area (TPSA) is 91.0 Å². The summed E-state index contributed by atoms with van der Waals surface area (Å²) in [4.78, 5) is 23.4. The predicted molar refractivity (Wildman–Crippen MR) is 66.0 cm³/mol. The van der Waals surface area contributed by atoms with Crippen LogP contribution in [0.25, 0.3) is 11.4 Å². The Morgan fingerprint density at radius 1 is 1.39 bits per heavy atom. The van der Waals surface area contributed by atoms with Crippen LogP contribution in [0.2, 0.25) is 5.15 Å². The van der Waals surface area contributed by atoms with E-state index in [1.54, 1.807) is 24.4 Å². The molecule has 0 aliphatic rings. The zero-order valence-corrected chi connectivity index (χ0v) is 10.2. The fourth-order valence-electron chi connectivity index (χ4n) is 1.34. The third kappa shape index (κ3) is 2.23. The van der Waals surface area contributed by atoms with Crippen LogP contribution < -0.4 is 5.73 Å². The number of carbonyl (C=O) groups excluding carboxylic acids is 1. The van der Waals surface area contributed by atoms with Gasteiger partial charge in [-0.25, -0.2) is 14.8 Å². The molecule has 18 heavy (non-hydrogen) atoms. The Kier molecular flexibility index (Phi) is 3.38. The maximum Gasteiger partial charge on any atom is 0.360 e. The lowest BCUT2D eigenvalue weighted by atomic mass is 10.2. The number of aromatic nitrogens is 3. The molecule has 0 amide bonds.